The molecular weight excluding hydrogens is 593 g/mol. The van der Waals surface area contributed by atoms with Crippen LogP contribution in [0.3, 0.4) is 0 Å². The molecule has 49 heavy (non-hydrogen) atoms. The van der Waals surface area contributed by atoms with Gasteiger partial charge in [-0.2, -0.15) is 0 Å². The first kappa shape index (κ1) is 23.8. The molecule has 0 atom stereocenters. The van der Waals surface area contributed by atoms with Crippen LogP contribution >= 0.6 is 0 Å². The van der Waals surface area contributed by atoms with Gasteiger partial charge in [0.25, 0.3) is 0 Å². The number of rotatable bonds is 4. The zero-order valence-corrected chi connectivity index (χ0v) is 26.4. The van der Waals surface area contributed by atoms with Gasteiger partial charge in [0.15, 0.2) is 0 Å². The lowest BCUT2D eigenvalue weighted by atomic mass is 9.85. The van der Waals surface area contributed by atoms with Gasteiger partial charge in [-0.3, -0.25) is 0 Å². The Morgan fingerprint density at radius 1 is 0.306 bits per heavy atom. The molecule has 0 spiro atoms. The highest BCUT2D eigenvalue weighted by molar-refractivity contribution is 6.21. The molecule has 228 valence electrons. The molecular formula is C48H30O. The molecule has 0 N–H and O–H groups in total. The van der Waals surface area contributed by atoms with Gasteiger partial charge in [-0.15, -0.1) is 0 Å². The predicted molar refractivity (Wildman–Crippen MR) is 208 cm³/mol. The topological polar surface area (TPSA) is 13.1 Å². The number of hydrogen-bond donors (Lipinski definition) is 0. The van der Waals surface area contributed by atoms with Crippen molar-refractivity contribution in [2.45, 2.75) is 0 Å². The van der Waals surface area contributed by atoms with Crippen LogP contribution in [0.15, 0.2) is 186 Å². The Morgan fingerprint density at radius 3 is 1.39 bits per heavy atom. The van der Waals surface area contributed by atoms with Crippen LogP contribution in [0.1, 0.15) is 5.48 Å². The van der Waals surface area contributed by atoms with Crippen LogP contribution in [0.25, 0.3) is 98.8 Å². The van der Waals surface area contributed by atoms with Gasteiger partial charge in [0.2, 0.25) is 0 Å². The lowest BCUT2D eigenvalue weighted by molar-refractivity contribution is 0.671. The van der Waals surface area contributed by atoms with E-state index in [4.69, 9.17) is 4.42 Å². The van der Waals surface area contributed by atoms with E-state index >= 15 is 0 Å². The molecule has 0 radical (unpaired) electrons. The van der Waals surface area contributed by atoms with Gasteiger partial charge in [0.1, 0.15) is 11.2 Å². The number of fused-ring (bicyclic) bond motifs is 6. The van der Waals surface area contributed by atoms with E-state index in [9.17, 15) is 5.48 Å². The first-order valence-electron chi connectivity index (χ1n) is 18.5. The van der Waals surface area contributed by atoms with Crippen LogP contribution in [-0.4, -0.2) is 0 Å². The molecule has 0 fully saturated rings. The van der Waals surface area contributed by atoms with E-state index in [1.807, 2.05) is 97.1 Å². The van der Waals surface area contributed by atoms with Crippen LogP contribution < -0.4 is 0 Å². The fourth-order valence-electron chi connectivity index (χ4n) is 7.58. The summed E-state index contributed by atoms with van der Waals surface area (Å²) in [6.45, 7) is 0. The molecule has 1 nitrogen and oxygen atoms in total. The third-order valence-electron chi connectivity index (χ3n) is 9.74. The number of furan rings is 1. The highest BCUT2D eigenvalue weighted by Gasteiger charge is 2.19. The number of para-hydroxylation sites is 2. The van der Waals surface area contributed by atoms with Crippen molar-refractivity contribution >= 4 is 54.3 Å². The Labute approximate surface area is 289 Å². The third kappa shape index (κ3) is 4.33. The van der Waals surface area contributed by atoms with E-state index in [0.29, 0.717) is 16.7 Å². The van der Waals surface area contributed by atoms with Crippen molar-refractivity contribution in [3.63, 3.8) is 0 Å². The first-order chi connectivity index (χ1) is 26.0. The Bertz CT molecular complexity index is 3020. The van der Waals surface area contributed by atoms with E-state index in [1.165, 1.54) is 0 Å². The Hall–Kier alpha value is -6.44. The molecule has 0 aliphatic heterocycles. The van der Waals surface area contributed by atoms with Crippen molar-refractivity contribution in [1.29, 1.82) is 0 Å². The molecule has 0 unspecified atom stereocenters. The second kappa shape index (κ2) is 11.1. The van der Waals surface area contributed by atoms with E-state index < -0.39 is 0 Å². The average molecular weight is 627 g/mol. The zero-order valence-electron chi connectivity index (χ0n) is 30.4. The largest absolute Gasteiger partial charge is 0.455 e. The maximum Gasteiger partial charge on any atom is 0.143 e. The molecule has 0 saturated carbocycles. The SMILES string of the molecule is [2H]c1c([2H])c(-c2cccc3c2oc2c(-c4cccc5ccccc45)cccc23)c([2H])c([2H])c1-c1c2ccccc2c(-c2ccccc2)c2ccccc12. The third-order valence-corrected chi connectivity index (χ3v) is 9.74. The zero-order chi connectivity index (χ0) is 35.8. The molecule has 0 aliphatic carbocycles. The number of benzene rings is 9. The van der Waals surface area contributed by atoms with E-state index in [1.54, 1.807) is 0 Å². The summed E-state index contributed by atoms with van der Waals surface area (Å²) in [4.78, 5) is 0. The summed E-state index contributed by atoms with van der Waals surface area (Å²) in [5, 5.41) is 7.76. The molecule has 1 heteroatoms. The summed E-state index contributed by atoms with van der Waals surface area (Å²) < 4.78 is 44.8. The van der Waals surface area contributed by atoms with Crippen molar-refractivity contribution in [2.24, 2.45) is 0 Å². The second-order valence-corrected chi connectivity index (χ2v) is 12.5. The minimum atomic E-state index is -0.108. The summed E-state index contributed by atoms with van der Waals surface area (Å²) in [6.07, 6.45) is 0. The molecule has 10 rings (SSSR count). The summed E-state index contributed by atoms with van der Waals surface area (Å²) in [5.41, 5.74) is 7.13. The molecule has 10 aromatic rings. The summed E-state index contributed by atoms with van der Waals surface area (Å²) in [7, 11) is 0. The van der Waals surface area contributed by atoms with Gasteiger partial charge in [0, 0.05) is 21.9 Å². The molecule has 0 amide bonds. The lowest BCUT2D eigenvalue weighted by Crippen LogP contribution is -1.90. The minimum Gasteiger partial charge on any atom is -0.455 e. The summed E-state index contributed by atoms with van der Waals surface area (Å²) in [6, 6.07) is 52.4. The van der Waals surface area contributed by atoms with Crippen molar-refractivity contribution in [3.8, 4) is 44.5 Å². The summed E-state index contributed by atoms with van der Waals surface area (Å²) in [5.74, 6) is 0. The fraction of sp³-hybridized carbons (Fsp3) is 0. The highest BCUT2D eigenvalue weighted by atomic mass is 16.3. The number of hydrogen-bond acceptors (Lipinski definition) is 1. The molecule has 1 heterocycles. The van der Waals surface area contributed by atoms with Crippen LogP contribution in [0.2, 0.25) is 0 Å². The van der Waals surface area contributed by atoms with Crippen molar-refractivity contribution in [1.82, 2.24) is 0 Å². The molecule has 0 saturated heterocycles. The van der Waals surface area contributed by atoms with Gasteiger partial charge >= 0.3 is 0 Å². The summed E-state index contributed by atoms with van der Waals surface area (Å²) >= 11 is 0. The Morgan fingerprint density at radius 2 is 0.735 bits per heavy atom. The van der Waals surface area contributed by atoms with Crippen molar-refractivity contribution < 1.29 is 9.90 Å². The normalized spacial score (nSPS) is 12.8. The second-order valence-electron chi connectivity index (χ2n) is 12.5. The van der Waals surface area contributed by atoms with Gasteiger partial charge in [-0.25, -0.2) is 0 Å². The Kier molecular flexibility index (Phi) is 5.38. The standard InChI is InChI=1S/C48H30O/c1-2-14-33(15-3-1)45-38-18-6-8-20-40(38)46(41-21-9-7-19-39(41)45)34-29-27-32(28-30-34)36-22-11-25-43-44-26-12-24-42(48(44)49-47(36)43)37-23-10-16-31-13-4-5-17-35(31)37/h1-30H/i27D,28D,29D,30D. The van der Waals surface area contributed by atoms with Gasteiger partial charge in [0.05, 0.1) is 5.48 Å². The van der Waals surface area contributed by atoms with Crippen LogP contribution in [0.5, 0.6) is 0 Å². The van der Waals surface area contributed by atoms with Gasteiger partial charge < -0.3 is 4.42 Å². The Balaban J connectivity index is 1.23. The minimum absolute atomic E-state index is 0.0895. The fourth-order valence-corrected chi connectivity index (χ4v) is 7.58. The quantitative estimate of drug-likeness (QED) is 0.177. The molecule has 1 aromatic heterocycles. The van der Waals surface area contributed by atoms with Gasteiger partial charge in [-0.1, -0.05) is 182 Å². The maximum absolute atomic E-state index is 9.55. The van der Waals surface area contributed by atoms with Crippen LogP contribution in [0.4, 0.5) is 0 Å². The maximum atomic E-state index is 9.55. The first-order valence-corrected chi connectivity index (χ1v) is 16.5. The smallest absolute Gasteiger partial charge is 0.143 e. The lowest BCUT2D eigenvalue weighted by Gasteiger charge is -2.18. The van der Waals surface area contributed by atoms with Crippen LogP contribution in [-0.2, 0) is 0 Å². The molecule has 0 bridgehead atoms. The van der Waals surface area contributed by atoms with E-state index in [0.717, 1.165) is 70.9 Å². The average Bonchev–Trinajstić information content (AvgIpc) is 3.60. The predicted octanol–water partition coefficient (Wildman–Crippen LogP) is 13.7. The van der Waals surface area contributed by atoms with E-state index in [-0.39, 0.29) is 35.3 Å². The molecule has 0 aliphatic rings. The highest BCUT2D eigenvalue weighted by Crippen LogP contribution is 2.45. The van der Waals surface area contributed by atoms with Crippen molar-refractivity contribution in [2.75, 3.05) is 0 Å². The van der Waals surface area contributed by atoms with Crippen LogP contribution in [0, 0.1) is 0 Å². The monoisotopic (exact) mass is 626 g/mol. The van der Waals surface area contributed by atoms with E-state index in [2.05, 4.69) is 60.7 Å². The van der Waals surface area contributed by atoms with Gasteiger partial charge in [-0.05, 0) is 65.7 Å². The van der Waals surface area contributed by atoms with Crippen molar-refractivity contribution in [3.05, 3.63) is 182 Å². The molecule has 9 aromatic carbocycles.